The smallest absolute Gasteiger partial charge is 0.271 e. The number of benzene rings is 2. The fraction of sp³-hybridized carbons (Fsp3) is 0.350. The van der Waals surface area contributed by atoms with Crippen molar-refractivity contribution in [3.05, 3.63) is 63.2 Å². The van der Waals surface area contributed by atoms with E-state index >= 15 is 0 Å². The Balaban J connectivity index is 1.89. The predicted octanol–water partition coefficient (Wildman–Crippen LogP) is 3.83. The third-order valence-electron chi connectivity index (χ3n) is 5.14. The fourth-order valence-electron chi connectivity index (χ4n) is 3.17. The fourth-order valence-corrected chi connectivity index (χ4v) is 4.71. The normalized spacial score (nSPS) is 15.5. The second-order valence-corrected chi connectivity index (χ2v) is 9.09. The second kappa shape index (κ2) is 8.30. The highest BCUT2D eigenvalue weighted by Crippen LogP contribution is 2.30. The van der Waals surface area contributed by atoms with Crippen LogP contribution in [0.3, 0.4) is 0 Å². The lowest BCUT2D eigenvalue weighted by atomic mass is 10.0. The van der Waals surface area contributed by atoms with Crippen LogP contribution in [-0.2, 0) is 10.0 Å². The van der Waals surface area contributed by atoms with Gasteiger partial charge >= 0.3 is 0 Å². The Kier molecular flexibility index (Phi) is 5.99. The van der Waals surface area contributed by atoms with Crippen molar-refractivity contribution in [1.82, 2.24) is 4.31 Å². The number of hydrazone groups is 1. The molecule has 8 nitrogen and oxygen atoms in total. The number of aryl methyl sites for hydroxylation is 2. The summed E-state index contributed by atoms with van der Waals surface area (Å²) in [6.45, 7) is 6.70. The van der Waals surface area contributed by atoms with Gasteiger partial charge in [-0.05, 0) is 68.5 Å². The summed E-state index contributed by atoms with van der Waals surface area (Å²) in [7, 11) is -3.73. The van der Waals surface area contributed by atoms with E-state index in [1.54, 1.807) is 6.92 Å². The zero-order chi connectivity index (χ0) is 21.2. The van der Waals surface area contributed by atoms with Gasteiger partial charge in [-0.1, -0.05) is 12.1 Å². The molecule has 1 fully saturated rings. The van der Waals surface area contributed by atoms with Crippen molar-refractivity contribution in [3.63, 3.8) is 0 Å². The van der Waals surface area contributed by atoms with Crippen LogP contribution in [0.1, 0.15) is 36.5 Å². The SMILES string of the molecule is C/C(=N/Nc1ccc(S(=O)(=O)N2CCCC2)cc1[N+](=O)[O-])c1ccc(C)c(C)c1. The topological polar surface area (TPSA) is 105 Å². The molecule has 3 rings (SSSR count). The van der Waals surface area contributed by atoms with Crippen LogP contribution in [0.25, 0.3) is 0 Å². The van der Waals surface area contributed by atoms with Crippen LogP contribution in [0, 0.1) is 24.0 Å². The number of hydrogen-bond donors (Lipinski definition) is 1. The van der Waals surface area contributed by atoms with Crippen molar-refractivity contribution in [2.75, 3.05) is 18.5 Å². The van der Waals surface area contributed by atoms with Gasteiger partial charge < -0.3 is 0 Å². The van der Waals surface area contributed by atoms with Crippen LogP contribution in [0.15, 0.2) is 46.4 Å². The third-order valence-corrected chi connectivity index (χ3v) is 7.03. The van der Waals surface area contributed by atoms with Gasteiger partial charge in [0, 0.05) is 19.2 Å². The largest absolute Gasteiger partial charge is 0.295 e. The van der Waals surface area contributed by atoms with Gasteiger partial charge in [0.15, 0.2) is 0 Å². The van der Waals surface area contributed by atoms with Gasteiger partial charge in [0.2, 0.25) is 10.0 Å². The van der Waals surface area contributed by atoms with Crippen molar-refractivity contribution >= 4 is 27.1 Å². The number of nitro benzene ring substituents is 1. The lowest BCUT2D eigenvalue weighted by Gasteiger charge is -2.15. The molecule has 0 saturated carbocycles. The third kappa shape index (κ3) is 4.46. The number of nitro groups is 1. The number of nitrogens with one attached hydrogen (secondary N) is 1. The summed E-state index contributed by atoms with van der Waals surface area (Å²) in [6.07, 6.45) is 1.60. The molecule has 0 bridgehead atoms. The Hall–Kier alpha value is -2.78. The zero-order valence-corrected chi connectivity index (χ0v) is 17.5. The first-order chi connectivity index (χ1) is 13.7. The van der Waals surface area contributed by atoms with E-state index in [2.05, 4.69) is 10.5 Å². The van der Waals surface area contributed by atoms with Crippen LogP contribution in [0.4, 0.5) is 11.4 Å². The number of rotatable bonds is 6. The van der Waals surface area contributed by atoms with Gasteiger partial charge in [-0.25, -0.2) is 8.42 Å². The highest BCUT2D eigenvalue weighted by Gasteiger charge is 2.29. The van der Waals surface area contributed by atoms with E-state index < -0.39 is 14.9 Å². The molecular formula is C20H24N4O4S. The maximum atomic E-state index is 12.7. The summed E-state index contributed by atoms with van der Waals surface area (Å²) >= 11 is 0. The quantitative estimate of drug-likeness (QED) is 0.438. The molecule has 2 aromatic rings. The molecule has 0 aromatic heterocycles. The molecule has 0 unspecified atom stereocenters. The molecule has 1 aliphatic heterocycles. The van der Waals surface area contributed by atoms with E-state index in [1.807, 2.05) is 32.0 Å². The minimum atomic E-state index is -3.73. The Bertz CT molecular complexity index is 1070. The van der Waals surface area contributed by atoms with Crippen LogP contribution < -0.4 is 5.43 Å². The van der Waals surface area contributed by atoms with Gasteiger partial charge in [0.1, 0.15) is 5.69 Å². The van der Waals surface area contributed by atoms with Crippen LogP contribution in [0.2, 0.25) is 0 Å². The summed E-state index contributed by atoms with van der Waals surface area (Å²) < 4.78 is 26.7. The molecule has 0 amide bonds. The molecule has 9 heteroatoms. The van der Waals surface area contributed by atoms with E-state index in [9.17, 15) is 18.5 Å². The molecular weight excluding hydrogens is 392 g/mol. The van der Waals surface area contributed by atoms with E-state index in [0.717, 1.165) is 30.0 Å². The first-order valence-electron chi connectivity index (χ1n) is 9.36. The molecule has 0 atom stereocenters. The standard InChI is InChI=1S/C20H24N4O4S/c1-14-6-7-17(12-15(14)2)16(3)21-22-19-9-8-18(13-20(19)24(25)26)29(27,28)23-10-4-5-11-23/h6-9,12-13,22H,4-5,10-11H2,1-3H3/b21-16-. The number of anilines is 1. The van der Waals surface area contributed by atoms with Gasteiger partial charge in [-0.15, -0.1) is 0 Å². The molecule has 0 spiro atoms. The van der Waals surface area contributed by atoms with Crippen LogP contribution >= 0.6 is 0 Å². The Morgan fingerprint density at radius 2 is 1.79 bits per heavy atom. The van der Waals surface area contributed by atoms with Crippen molar-refractivity contribution in [3.8, 4) is 0 Å². The minimum absolute atomic E-state index is 0.0773. The van der Waals surface area contributed by atoms with Crippen molar-refractivity contribution < 1.29 is 13.3 Å². The average molecular weight is 417 g/mol. The number of sulfonamides is 1. The molecule has 29 heavy (non-hydrogen) atoms. The Morgan fingerprint density at radius 3 is 2.41 bits per heavy atom. The van der Waals surface area contributed by atoms with Crippen LogP contribution in [0.5, 0.6) is 0 Å². The Morgan fingerprint density at radius 1 is 1.10 bits per heavy atom. The van der Waals surface area contributed by atoms with E-state index in [-0.39, 0.29) is 16.3 Å². The Labute approximate surface area is 170 Å². The number of hydrogen-bond acceptors (Lipinski definition) is 6. The molecule has 0 radical (unpaired) electrons. The first-order valence-corrected chi connectivity index (χ1v) is 10.8. The monoisotopic (exact) mass is 416 g/mol. The molecule has 0 aliphatic carbocycles. The maximum absolute atomic E-state index is 12.7. The van der Waals surface area contributed by atoms with Gasteiger partial charge in [0.25, 0.3) is 5.69 Å². The lowest BCUT2D eigenvalue weighted by molar-refractivity contribution is -0.384. The number of nitrogens with zero attached hydrogens (tertiary/aromatic N) is 3. The van der Waals surface area contributed by atoms with Crippen molar-refractivity contribution in [2.45, 2.75) is 38.5 Å². The average Bonchev–Trinajstić information content (AvgIpc) is 3.23. The van der Waals surface area contributed by atoms with E-state index in [4.69, 9.17) is 0 Å². The summed E-state index contributed by atoms with van der Waals surface area (Å²) in [5.41, 5.74) is 6.37. The lowest BCUT2D eigenvalue weighted by Crippen LogP contribution is -2.27. The molecule has 1 N–H and O–H groups in total. The first kappa shape index (κ1) is 20.9. The highest BCUT2D eigenvalue weighted by molar-refractivity contribution is 7.89. The van der Waals surface area contributed by atoms with Gasteiger partial charge in [-0.2, -0.15) is 9.41 Å². The second-order valence-electron chi connectivity index (χ2n) is 7.16. The maximum Gasteiger partial charge on any atom is 0.295 e. The van der Waals surface area contributed by atoms with Crippen molar-refractivity contribution in [2.24, 2.45) is 5.10 Å². The molecule has 1 heterocycles. The predicted molar refractivity (Wildman–Crippen MR) is 113 cm³/mol. The molecule has 2 aromatic carbocycles. The molecule has 1 aliphatic rings. The summed E-state index contributed by atoms with van der Waals surface area (Å²) in [5, 5.41) is 15.8. The van der Waals surface area contributed by atoms with E-state index in [1.165, 1.54) is 22.0 Å². The minimum Gasteiger partial charge on any atom is -0.271 e. The molecule has 154 valence electrons. The molecule has 1 saturated heterocycles. The van der Waals surface area contributed by atoms with Crippen LogP contribution in [-0.4, -0.2) is 36.4 Å². The van der Waals surface area contributed by atoms with Gasteiger partial charge in [0.05, 0.1) is 15.5 Å². The summed E-state index contributed by atoms with van der Waals surface area (Å²) in [5.74, 6) is 0. The zero-order valence-electron chi connectivity index (χ0n) is 16.7. The highest BCUT2D eigenvalue weighted by atomic mass is 32.2. The summed E-state index contributed by atoms with van der Waals surface area (Å²) in [4.78, 5) is 10.8. The van der Waals surface area contributed by atoms with Crippen molar-refractivity contribution in [1.29, 1.82) is 0 Å². The van der Waals surface area contributed by atoms with Gasteiger partial charge in [-0.3, -0.25) is 15.5 Å². The summed E-state index contributed by atoms with van der Waals surface area (Å²) in [6, 6.07) is 9.78. The van der Waals surface area contributed by atoms with E-state index in [0.29, 0.717) is 18.8 Å².